The molecule has 1 fully saturated rings. The maximum absolute atomic E-state index is 12.5. The van der Waals surface area contributed by atoms with E-state index in [0.717, 1.165) is 37.2 Å². The first-order valence-electron chi connectivity index (χ1n) is 10.1. The van der Waals surface area contributed by atoms with E-state index in [1.807, 2.05) is 25.7 Å². The molecule has 1 aliphatic carbocycles. The highest BCUT2D eigenvalue weighted by atomic mass is 16.6. The van der Waals surface area contributed by atoms with Crippen LogP contribution in [-0.4, -0.2) is 33.3 Å². The summed E-state index contributed by atoms with van der Waals surface area (Å²) in [5.74, 6) is 0.478. The number of nitrogens with one attached hydrogen (secondary N) is 1. The van der Waals surface area contributed by atoms with Crippen LogP contribution in [-0.2, 0) is 4.74 Å². The summed E-state index contributed by atoms with van der Waals surface area (Å²) in [5.41, 5.74) is 1.72. The van der Waals surface area contributed by atoms with Gasteiger partial charge < -0.3 is 4.74 Å². The number of hydrogen-bond acceptors (Lipinski definition) is 3. The van der Waals surface area contributed by atoms with Gasteiger partial charge >= 0.3 is 6.09 Å². The van der Waals surface area contributed by atoms with Gasteiger partial charge in [0.2, 0.25) is 0 Å². The molecule has 5 heteroatoms. The van der Waals surface area contributed by atoms with Gasteiger partial charge in [-0.15, -0.1) is 0 Å². The van der Waals surface area contributed by atoms with Crippen LogP contribution in [0.1, 0.15) is 95.5 Å². The third kappa shape index (κ3) is 4.89. The summed E-state index contributed by atoms with van der Waals surface area (Å²) in [5, 5.41) is 7.84. The molecule has 2 heterocycles. The van der Waals surface area contributed by atoms with Crippen molar-refractivity contribution in [2.45, 2.75) is 89.7 Å². The van der Waals surface area contributed by atoms with E-state index >= 15 is 0 Å². The molecule has 144 valence electrons. The second-order valence-electron chi connectivity index (χ2n) is 8.62. The summed E-state index contributed by atoms with van der Waals surface area (Å²) in [7, 11) is 0. The lowest BCUT2D eigenvalue weighted by Gasteiger charge is -2.28. The topological polar surface area (TPSA) is 58.2 Å². The van der Waals surface area contributed by atoms with E-state index in [1.165, 1.54) is 32.1 Å². The maximum atomic E-state index is 12.5. The number of carbonyl (C=O) groups is 1. The van der Waals surface area contributed by atoms with Crippen molar-refractivity contribution in [1.29, 1.82) is 0 Å². The lowest BCUT2D eigenvalue weighted by atomic mass is 9.94. The third-order valence-corrected chi connectivity index (χ3v) is 5.29. The van der Waals surface area contributed by atoms with E-state index < -0.39 is 5.60 Å². The molecule has 1 saturated heterocycles. The second-order valence-corrected chi connectivity index (χ2v) is 8.62. The minimum absolute atomic E-state index is 0.0537. The molecule has 0 spiro atoms. The first-order valence-corrected chi connectivity index (χ1v) is 10.1. The Hall–Kier alpha value is -1.78. The molecule has 26 heavy (non-hydrogen) atoms. The molecule has 1 aromatic heterocycles. The Morgan fingerprint density at radius 1 is 1.19 bits per heavy atom. The number of H-pyrrole nitrogens is 1. The first kappa shape index (κ1) is 19.0. The van der Waals surface area contributed by atoms with Gasteiger partial charge in [-0.1, -0.05) is 25.0 Å². The van der Waals surface area contributed by atoms with E-state index in [1.54, 1.807) is 0 Å². The number of nitrogens with zero attached hydrogens (tertiary/aromatic N) is 2. The molecule has 2 aliphatic rings. The molecule has 0 aromatic carbocycles. The number of rotatable bonds is 2. The Balaban J connectivity index is 1.70. The van der Waals surface area contributed by atoms with Crippen LogP contribution in [0.15, 0.2) is 18.2 Å². The SMILES string of the molecule is CC(C)(C)OC(=O)N1CCC[C@H]1c1cc(C2C/C=C\CCCCC2)n[nH]1. The molecular weight excluding hydrogens is 326 g/mol. The molecule has 0 saturated carbocycles. The molecule has 1 aliphatic heterocycles. The third-order valence-electron chi connectivity index (χ3n) is 5.29. The minimum atomic E-state index is -0.465. The van der Waals surface area contributed by atoms with Crippen molar-refractivity contribution in [1.82, 2.24) is 15.1 Å². The van der Waals surface area contributed by atoms with Gasteiger partial charge in [0, 0.05) is 12.5 Å². The van der Waals surface area contributed by atoms with E-state index in [0.29, 0.717) is 5.92 Å². The monoisotopic (exact) mass is 359 g/mol. The molecule has 1 aromatic rings. The fourth-order valence-electron chi connectivity index (χ4n) is 3.96. The second kappa shape index (κ2) is 8.28. The number of allylic oxidation sites excluding steroid dienone is 2. The summed E-state index contributed by atoms with van der Waals surface area (Å²) in [6.45, 7) is 6.49. The molecule has 1 unspecified atom stereocenters. The van der Waals surface area contributed by atoms with Gasteiger partial charge in [-0.3, -0.25) is 10.00 Å². The fraction of sp³-hybridized carbons (Fsp3) is 0.714. The van der Waals surface area contributed by atoms with E-state index in [9.17, 15) is 4.79 Å². The maximum Gasteiger partial charge on any atom is 0.410 e. The summed E-state index contributed by atoms with van der Waals surface area (Å²) in [6.07, 6.45) is 13.7. The zero-order chi connectivity index (χ0) is 18.6. The van der Waals surface area contributed by atoms with Crippen LogP contribution in [0.5, 0.6) is 0 Å². The molecule has 3 rings (SSSR count). The lowest BCUT2D eigenvalue weighted by Crippen LogP contribution is -2.36. The average molecular weight is 360 g/mol. The molecule has 1 N–H and O–H groups in total. The van der Waals surface area contributed by atoms with Gasteiger partial charge in [0.25, 0.3) is 0 Å². The van der Waals surface area contributed by atoms with Gasteiger partial charge in [0.05, 0.1) is 17.4 Å². The Labute approximate surface area is 157 Å². The standard InChI is InChI=1S/C21H33N3O2/c1-21(2,3)26-20(25)24-14-10-13-19(24)18-15-17(22-23-18)16-11-8-6-4-5-7-9-12-16/h6,8,15-16,19H,4-5,7,9-14H2,1-3H3,(H,22,23)/b8-6-/t16?,19-/m0/s1. The predicted octanol–water partition coefficient (Wildman–Crippen LogP) is 5.48. The van der Waals surface area contributed by atoms with Gasteiger partial charge in [-0.25, -0.2) is 4.79 Å². The molecule has 5 nitrogen and oxygen atoms in total. The number of ether oxygens (including phenoxy) is 1. The number of aromatic nitrogens is 2. The normalized spacial score (nSPS) is 26.0. The van der Waals surface area contributed by atoms with Gasteiger partial charge in [-0.05, 0) is 65.4 Å². The Kier molecular flexibility index (Phi) is 6.05. The van der Waals surface area contributed by atoms with E-state index in [4.69, 9.17) is 4.74 Å². The van der Waals surface area contributed by atoms with Crippen LogP contribution in [0, 0.1) is 0 Å². The highest BCUT2D eigenvalue weighted by molar-refractivity contribution is 5.69. The Morgan fingerprint density at radius 3 is 2.85 bits per heavy atom. The smallest absolute Gasteiger partial charge is 0.410 e. The number of hydrogen-bond donors (Lipinski definition) is 1. The van der Waals surface area contributed by atoms with Crippen LogP contribution in [0.25, 0.3) is 0 Å². The summed E-state index contributed by atoms with van der Waals surface area (Å²) in [4.78, 5) is 14.4. The van der Waals surface area contributed by atoms with Gasteiger partial charge in [0.1, 0.15) is 5.60 Å². The highest BCUT2D eigenvalue weighted by Gasteiger charge is 2.34. The van der Waals surface area contributed by atoms with Crippen molar-refractivity contribution >= 4 is 6.09 Å². The van der Waals surface area contributed by atoms with Crippen molar-refractivity contribution < 1.29 is 9.53 Å². The highest BCUT2D eigenvalue weighted by Crippen LogP contribution is 2.34. The van der Waals surface area contributed by atoms with Crippen molar-refractivity contribution in [3.8, 4) is 0 Å². The average Bonchev–Trinajstić information content (AvgIpc) is 3.24. The first-order chi connectivity index (χ1) is 12.4. The van der Waals surface area contributed by atoms with Crippen molar-refractivity contribution in [3.63, 3.8) is 0 Å². The lowest BCUT2D eigenvalue weighted by molar-refractivity contribution is 0.0221. The van der Waals surface area contributed by atoms with Crippen molar-refractivity contribution in [2.24, 2.45) is 0 Å². The minimum Gasteiger partial charge on any atom is -0.444 e. The van der Waals surface area contributed by atoms with Gasteiger partial charge in [0.15, 0.2) is 0 Å². The van der Waals surface area contributed by atoms with Crippen molar-refractivity contribution in [2.75, 3.05) is 6.54 Å². The van der Waals surface area contributed by atoms with Crippen LogP contribution in [0.3, 0.4) is 0 Å². The number of carbonyl (C=O) groups excluding carboxylic acids is 1. The summed E-state index contributed by atoms with van der Waals surface area (Å²) in [6, 6.07) is 2.24. The zero-order valence-corrected chi connectivity index (χ0v) is 16.5. The van der Waals surface area contributed by atoms with Crippen molar-refractivity contribution in [3.05, 3.63) is 29.6 Å². The van der Waals surface area contributed by atoms with Gasteiger partial charge in [-0.2, -0.15) is 5.10 Å². The molecule has 0 bridgehead atoms. The quantitative estimate of drug-likeness (QED) is 0.712. The Bertz CT molecular complexity index is 629. The van der Waals surface area contributed by atoms with Crippen LogP contribution < -0.4 is 0 Å². The summed E-state index contributed by atoms with van der Waals surface area (Å²) >= 11 is 0. The fourth-order valence-corrected chi connectivity index (χ4v) is 3.96. The molecular formula is C21H33N3O2. The summed E-state index contributed by atoms with van der Waals surface area (Å²) < 4.78 is 5.58. The molecule has 1 amide bonds. The zero-order valence-electron chi connectivity index (χ0n) is 16.5. The predicted molar refractivity (Wildman–Crippen MR) is 103 cm³/mol. The number of amides is 1. The number of aromatic amines is 1. The number of likely N-dealkylation sites (tertiary alicyclic amines) is 1. The Morgan fingerprint density at radius 2 is 2.04 bits per heavy atom. The van der Waals surface area contributed by atoms with Crippen LogP contribution in [0.4, 0.5) is 4.79 Å². The molecule has 0 radical (unpaired) electrons. The van der Waals surface area contributed by atoms with Crippen LogP contribution >= 0.6 is 0 Å². The van der Waals surface area contributed by atoms with E-state index in [-0.39, 0.29) is 12.1 Å². The van der Waals surface area contributed by atoms with E-state index in [2.05, 4.69) is 28.4 Å². The van der Waals surface area contributed by atoms with Crippen LogP contribution in [0.2, 0.25) is 0 Å². The molecule has 2 atom stereocenters. The largest absolute Gasteiger partial charge is 0.444 e.